The number of hydrogen-bond donors (Lipinski definition) is 1. The Morgan fingerprint density at radius 2 is 2.18 bits per heavy atom. The zero-order valence-corrected chi connectivity index (χ0v) is 11.5. The van der Waals surface area contributed by atoms with E-state index in [-0.39, 0.29) is 0 Å². The molecule has 0 saturated heterocycles. The lowest BCUT2D eigenvalue weighted by atomic mass is 10.1. The van der Waals surface area contributed by atoms with Gasteiger partial charge in [-0.3, -0.25) is 0 Å². The van der Waals surface area contributed by atoms with Gasteiger partial charge in [-0.25, -0.2) is 0 Å². The van der Waals surface area contributed by atoms with Gasteiger partial charge in [0.15, 0.2) is 0 Å². The molecular weight excluding hydrogens is 236 g/mol. The molecule has 0 aromatic heterocycles. The van der Waals surface area contributed by atoms with Crippen molar-refractivity contribution >= 4 is 17.3 Å². The molecule has 2 N–H and O–H groups in total. The van der Waals surface area contributed by atoms with Crippen molar-refractivity contribution in [2.75, 3.05) is 32.1 Å². The maximum absolute atomic E-state index is 6.09. The zero-order valence-electron chi connectivity index (χ0n) is 10.7. The van der Waals surface area contributed by atoms with Gasteiger partial charge in [-0.15, -0.1) is 0 Å². The van der Waals surface area contributed by atoms with Crippen LogP contribution < -0.4 is 15.4 Å². The molecule has 0 aliphatic heterocycles. The summed E-state index contributed by atoms with van der Waals surface area (Å²) in [5.74, 6) is 1.25. The third-order valence-corrected chi connectivity index (χ3v) is 3.23. The molecule has 1 atom stereocenters. The average molecular weight is 257 g/mol. The monoisotopic (exact) mass is 256 g/mol. The van der Waals surface area contributed by atoms with E-state index >= 15 is 0 Å². The second-order valence-electron chi connectivity index (χ2n) is 4.37. The molecule has 0 amide bonds. The minimum absolute atomic E-state index is 0.547. The molecular formula is C13H21ClN2O. The SMILES string of the molecule is COc1ccc(N(C)CCC(C)CN)cc1Cl. The lowest BCUT2D eigenvalue weighted by molar-refractivity contribution is 0.415. The Balaban J connectivity index is 2.63. The fourth-order valence-electron chi connectivity index (χ4n) is 1.55. The van der Waals surface area contributed by atoms with E-state index in [2.05, 4.69) is 18.9 Å². The van der Waals surface area contributed by atoms with Crippen LogP contribution in [0.2, 0.25) is 5.02 Å². The molecule has 1 aromatic carbocycles. The molecule has 17 heavy (non-hydrogen) atoms. The number of anilines is 1. The molecule has 1 unspecified atom stereocenters. The van der Waals surface area contributed by atoms with Crippen molar-refractivity contribution in [2.45, 2.75) is 13.3 Å². The molecule has 0 spiro atoms. The van der Waals surface area contributed by atoms with Crippen molar-refractivity contribution in [1.29, 1.82) is 0 Å². The number of hydrogen-bond acceptors (Lipinski definition) is 3. The predicted molar refractivity (Wildman–Crippen MR) is 74.1 cm³/mol. The molecule has 0 bridgehead atoms. The quantitative estimate of drug-likeness (QED) is 0.851. The smallest absolute Gasteiger partial charge is 0.137 e. The van der Waals surface area contributed by atoms with Crippen molar-refractivity contribution in [2.24, 2.45) is 11.7 Å². The van der Waals surface area contributed by atoms with Crippen LogP contribution in [-0.4, -0.2) is 27.2 Å². The lowest BCUT2D eigenvalue weighted by Gasteiger charge is -2.21. The minimum atomic E-state index is 0.547. The highest BCUT2D eigenvalue weighted by molar-refractivity contribution is 6.32. The van der Waals surface area contributed by atoms with Gasteiger partial charge in [-0.2, -0.15) is 0 Å². The zero-order chi connectivity index (χ0) is 12.8. The standard InChI is InChI=1S/C13H21ClN2O/c1-10(9-15)6-7-16(2)11-4-5-13(17-3)12(14)8-11/h4-5,8,10H,6-7,9,15H2,1-3H3. The predicted octanol–water partition coefficient (Wildman–Crippen LogP) is 2.77. The van der Waals surface area contributed by atoms with Crippen LogP contribution in [0.1, 0.15) is 13.3 Å². The second kappa shape index (κ2) is 6.72. The van der Waals surface area contributed by atoms with Gasteiger partial charge >= 0.3 is 0 Å². The molecule has 0 saturated carbocycles. The Kier molecular flexibility index (Phi) is 5.59. The van der Waals surface area contributed by atoms with Crippen LogP contribution >= 0.6 is 11.6 Å². The fourth-order valence-corrected chi connectivity index (χ4v) is 1.81. The maximum Gasteiger partial charge on any atom is 0.137 e. The highest BCUT2D eigenvalue weighted by atomic mass is 35.5. The first-order valence-electron chi connectivity index (χ1n) is 5.83. The Morgan fingerprint density at radius 1 is 1.47 bits per heavy atom. The molecule has 1 rings (SSSR count). The first-order chi connectivity index (χ1) is 8.08. The molecule has 0 fully saturated rings. The van der Waals surface area contributed by atoms with Gasteiger partial charge in [0.2, 0.25) is 0 Å². The number of nitrogens with zero attached hydrogens (tertiary/aromatic N) is 1. The van der Waals surface area contributed by atoms with Gasteiger partial charge in [0, 0.05) is 19.3 Å². The van der Waals surface area contributed by atoms with Crippen molar-refractivity contribution in [1.82, 2.24) is 0 Å². The molecule has 0 aliphatic rings. The van der Waals surface area contributed by atoms with Crippen molar-refractivity contribution < 1.29 is 4.74 Å². The summed E-state index contributed by atoms with van der Waals surface area (Å²) in [6.45, 7) is 3.87. The van der Waals surface area contributed by atoms with Crippen LogP contribution in [0.5, 0.6) is 5.75 Å². The molecule has 4 heteroatoms. The van der Waals surface area contributed by atoms with Crippen LogP contribution in [0.4, 0.5) is 5.69 Å². The van der Waals surface area contributed by atoms with Gasteiger partial charge in [0.1, 0.15) is 5.75 Å². The first kappa shape index (κ1) is 14.1. The summed E-state index contributed by atoms with van der Waals surface area (Å²) in [6, 6.07) is 5.83. The van der Waals surface area contributed by atoms with E-state index in [0.29, 0.717) is 16.7 Å². The van der Waals surface area contributed by atoms with Crippen LogP contribution in [0.3, 0.4) is 0 Å². The van der Waals surface area contributed by atoms with Gasteiger partial charge in [-0.05, 0) is 37.1 Å². The summed E-state index contributed by atoms with van der Waals surface area (Å²) in [4.78, 5) is 2.18. The second-order valence-corrected chi connectivity index (χ2v) is 4.78. The number of ether oxygens (including phenoxy) is 1. The number of halogens is 1. The third kappa shape index (κ3) is 4.10. The maximum atomic E-state index is 6.09. The Morgan fingerprint density at radius 3 is 2.71 bits per heavy atom. The van der Waals surface area contributed by atoms with Gasteiger partial charge in [0.05, 0.1) is 12.1 Å². The normalized spacial score (nSPS) is 12.3. The largest absolute Gasteiger partial charge is 0.495 e. The Hall–Kier alpha value is -0.930. The summed E-state index contributed by atoms with van der Waals surface area (Å²) in [5, 5.41) is 0.642. The number of nitrogens with two attached hydrogens (primary N) is 1. The molecule has 0 radical (unpaired) electrons. The van der Waals surface area contributed by atoms with Crippen LogP contribution in [-0.2, 0) is 0 Å². The van der Waals surface area contributed by atoms with Gasteiger partial charge in [0.25, 0.3) is 0 Å². The van der Waals surface area contributed by atoms with Crippen LogP contribution in [0, 0.1) is 5.92 Å². The van der Waals surface area contributed by atoms with Crippen LogP contribution in [0.15, 0.2) is 18.2 Å². The van der Waals surface area contributed by atoms with Crippen molar-refractivity contribution in [3.63, 3.8) is 0 Å². The summed E-state index contributed by atoms with van der Waals surface area (Å²) < 4.78 is 5.13. The summed E-state index contributed by atoms with van der Waals surface area (Å²) in [6.07, 6.45) is 1.08. The molecule has 1 aromatic rings. The summed E-state index contributed by atoms with van der Waals surface area (Å²) >= 11 is 6.09. The molecule has 0 heterocycles. The Labute approximate surface area is 109 Å². The number of benzene rings is 1. The minimum Gasteiger partial charge on any atom is -0.495 e. The average Bonchev–Trinajstić information content (AvgIpc) is 2.35. The summed E-state index contributed by atoms with van der Waals surface area (Å²) in [7, 11) is 3.68. The number of rotatable bonds is 6. The van der Waals surface area contributed by atoms with E-state index in [0.717, 1.165) is 25.2 Å². The van der Waals surface area contributed by atoms with Crippen molar-refractivity contribution in [3.8, 4) is 5.75 Å². The number of methoxy groups -OCH3 is 1. The Bertz CT molecular complexity index is 357. The molecule has 0 aliphatic carbocycles. The van der Waals surface area contributed by atoms with E-state index in [4.69, 9.17) is 22.1 Å². The topological polar surface area (TPSA) is 38.5 Å². The highest BCUT2D eigenvalue weighted by Gasteiger charge is 2.07. The van der Waals surface area contributed by atoms with E-state index in [1.807, 2.05) is 18.2 Å². The van der Waals surface area contributed by atoms with E-state index < -0.39 is 0 Å². The fraction of sp³-hybridized carbons (Fsp3) is 0.538. The highest BCUT2D eigenvalue weighted by Crippen LogP contribution is 2.28. The molecule has 96 valence electrons. The van der Waals surface area contributed by atoms with E-state index in [1.165, 1.54) is 0 Å². The van der Waals surface area contributed by atoms with Crippen LogP contribution in [0.25, 0.3) is 0 Å². The molecule has 3 nitrogen and oxygen atoms in total. The van der Waals surface area contributed by atoms with Gasteiger partial charge < -0.3 is 15.4 Å². The first-order valence-corrected chi connectivity index (χ1v) is 6.21. The van der Waals surface area contributed by atoms with E-state index in [9.17, 15) is 0 Å². The van der Waals surface area contributed by atoms with Gasteiger partial charge in [-0.1, -0.05) is 18.5 Å². The van der Waals surface area contributed by atoms with Crippen molar-refractivity contribution in [3.05, 3.63) is 23.2 Å². The third-order valence-electron chi connectivity index (χ3n) is 2.94. The summed E-state index contributed by atoms with van der Waals surface area (Å²) in [5.41, 5.74) is 6.70. The van der Waals surface area contributed by atoms with E-state index in [1.54, 1.807) is 7.11 Å². The lowest BCUT2D eigenvalue weighted by Crippen LogP contribution is -2.22.